The molecule has 0 aliphatic rings. The van der Waals surface area contributed by atoms with Crippen LogP contribution in [0.25, 0.3) is 0 Å². The zero-order chi connectivity index (χ0) is 11.3. The summed E-state index contributed by atoms with van der Waals surface area (Å²) in [4.78, 5) is 0. The normalized spacial score (nSPS) is 14.7. The van der Waals surface area contributed by atoms with Crippen molar-refractivity contribution in [3.8, 4) is 5.75 Å². The first-order valence-corrected chi connectivity index (χ1v) is 4.87. The molecular formula is C11H17NO3. The van der Waals surface area contributed by atoms with Gasteiger partial charge in [0.05, 0.1) is 19.3 Å². The van der Waals surface area contributed by atoms with Crippen molar-refractivity contribution >= 4 is 0 Å². The van der Waals surface area contributed by atoms with Crippen LogP contribution in [0.5, 0.6) is 5.75 Å². The van der Waals surface area contributed by atoms with Crippen molar-refractivity contribution in [1.82, 2.24) is 0 Å². The maximum Gasteiger partial charge on any atom is 0.119 e. The summed E-state index contributed by atoms with van der Waals surface area (Å²) in [6, 6.07) is 7.13. The molecule has 0 radical (unpaired) electrons. The van der Waals surface area contributed by atoms with Gasteiger partial charge >= 0.3 is 0 Å². The maximum atomic E-state index is 9.77. The fourth-order valence-corrected chi connectivity index (χ4v) is 1.34. The van der Waals surface area contributed by atoms with E-state index in [1.165, 1.54) is 0 Å². The highest BCUT2D eigenvalue weighted by Crippen LogP contribution is 2.22. The molecule has 0 bridgehead atoms. The zero-order valence-electron chi connectivity index (χ0n) is 8.76. The SMILES string of the molecule is COc1cccc(C(O)CC(O)CN)c1. The van der Waals surface area contributed by atoms with Crippen LogP contribution >= 0.6 is 0 Å². The molecule has 0 aliphatic carbocycles. The van der Waals surface area contributed by atoms with Crippen molar-refractivity contribution in [2.45, 2.75) is 18.6 Å². The van der Waals surface area contributed by atoms with Gasteiger partial charge in [-0.2, -0.15) is 0 Å². The Morgan fingerprint density at radius 2 is 2.13 bits per heavy atom. The van der Waals surface area contributed by atoms with Crippen LogP contribution in [0.1, 0.15) is 18.1 Å². The molecule has 0 heterocycles. The third-order valence-corrected chi connectivity index (χ3v) is 2.25. The summed E-state index contributed by atoms with van der Waals surface area (Å²) in [6.07, 6.45) is -1.14. The lowest BCUT2D eigenvalue weighted by atomic mass is 10.0. The van der Waals surface area contributed by atoms with Gasteiger partial charge < -0.3 is 20.7 Å². The average molecular weight is 211 g/mol. The first-order valence-electron chi connectivity index (χ1n) is 4.87. The van der Waals surface area contributed by atoms with E-state index < -0.39 is 12.2 Å². The predicted molar refractivity (Wildman–Crippen MR) is 57.6 cm³/mol. The summed E-state index contributed by atoms with van der Waals surface area (Å²) in [6.45, 7) is 0.154. The van der Waals surface area contributed by atoms with E-state index >= 15 is 0 Å². The number of nitrogens with two attached hydrogens (primary N) is 1. The minimum Gasteiger partial charge on any atom is -0.497 e. The minimum atomic E-state index is -0.710. The lowest BCUT2D eigenvalue weighted by Gasteiger charge is -2.15. The zero-order valence-corrected chi connectivity index (χ0v) is 8.76. The molecule has 0 amide bonds. The summed E-state index contributed by atoms with van der Waals surface area (Å²) in [5.74, 6) is 0.689. The van der Waals surface area contributed by atoms with E-state index in [1.54, 1.807) is 31.4 Å². The van der Waals surface area contributed by atoms with Crippen LogP contribution in [0.4, 0.5) is 0 Å². The van der Waals surface area contributed by atoms with Crippen LogP contribution in [-0.4, -0.2) is 30.0 Å². The summed E-state index contributed by atoms with van der Waals surface area (Å²) >= 11 is 0. The summed E-state index contributed by atoms with van der Waals surface area (Å²) in [7, 11) is 1.57. The molecule has 0 saturated carbocycles. The average Bonchev–Trinajstić information content (AvgIpc) is 2.28. The van der Waals surface area contributed by atoms with Gasteiger partial charge in [0.25, 0.3) is 0 Å². The fourth-order valence-electron chi connectivity index (χ4n) is 1.34. The van der Waals surface area contributed by atoms with Crippen molar-refractivity contribution in [1.29, 1.82) is 0 Å². The van der Waals surface area contributed by atoms with Crippen LogP contribution in [0.3, 0.4) is 0 Å². The number of ether oxygens (including phenoxy) is 1. The smallest absolute Gasteiger partial charge is 0.119 e. The molecule has 0 aliphatic heterocycles. The highest BCUT2D eigenvalue weighted by Gasteiger charge is 2.12. The number of benzene rings is 1. The van der Waals surface area contributed by atoms with Crippen LogP contribution < -0.4 is 10.5 Å². The predicted octanol–water partition coefficient (Wildman–Crippen LogP) is 0.438. The van der Waals surface area contributed by atoms with Crippen molar-refractivity contribution in [2.24, 2.45) is 5.73 Å². The van der Waals surface area contributed by atoms with Gasteiger partial charge in [-0.1, -0.05) is 12.1 Å². The molecule has 0 fully saturated rings. The number of methoxy groups -OCH3 is 1. The Hall–Kier alpha value is -1.10. The monoisotopic (exact) mass is 211 g/mol. The number of rotatable bonds is 5. The third kappa shape index (κ3) is 3.51. The second-order valence-corrected chi connectivity index (χ2v) is 3.42. The Morgan fingerprint density at radius 3 is 2.73 bits per heavy atom. The van der Waals surface area contributed by atoms with Gasteiger partial charge in [-0.15, -0.1) is 0 Å². The van der Waals surface area contributed by atoms with E-state index in [0.717, 1.165) is 5.56 Å². The van der Waals surface area contributed by atoms with Crippen LogP contribution in [0, 0.1) is 0 Å². The molecule has 4 nitrogen and oxygen atoms in total. The summed E-state index contributed by atoms with van der Waals surface area (Å²) < 4.78 is 5.04. The topological polar surface area (TPSA) is 75.7 Å². The Labute approximate surface area is 89.3 Å². The Balaban J connectivity index is 2.68. The van der Waals surface area contributed by atoms with Gasteiger partial charge in [0, 0.05) is 13.0 Å². The fraction of sp³-hybridized carbons (Fsp3) is 0.455. The number of aliphatic hydroxyl groups is 2. The molecule has 15 heavy (non-hydrogen) atoms. The molecular weight excluding hydrogens is 194 g/mol. The van der Waals surface area contributed by atoms with Crippen molar-refractivity contribution in [3.63, 3.8) is 0 Å². The number of hydrogen-bond donors (Lipinski definition) is 3. The molecule has 0 spiro atoms. The van der Waals surface area contributed by atoms with Gasteiger partial charge in [0.1, 0.15) is 5.75 Å². The third-order valence-electron chi connectivity index (χ3n) is 2.25. The second-order valence-electron chi connectivity index (χ2n) is 3.42. The summed E-state index contributed by atoms with van der Waals surface area (Å²) in [5, 5.41) is 19.1. The van der Waals surface area contributed by atoms with E-state index in [-0.39, 0.29) is 13.0 Å². The van der Waals surface area contributed by atoms with Gasteiger partial charge in [-0.25, -0.2) is 0 Å². The van der Waals surface area contributed by atoms with Crippen molar-refractivity contribution in [3.05, 3.63) is 29.8 Å². The highest BCUT2D eigenvalue weighted by molar-refractivity contribution is 5.29. The van der Waals surface area contributed by atoms with Gasteiger partial charge in [-0.05, 0) is 17.7 Å². The first kappa shape index (κ1) is 12.0. The Kier molecular flexibility index (Phi) is 4.55. The second kappa shape index (κ2) is 5.70. The van der Waals surface area contributed by atoms with Crippen LogP contribution in [0.2, 0.25) is 0 Å². The van der Waals surface area contributed by atoms with Gasteiger partial charge in [-0.3, -0.25) is 0 Å². The molecule has 0 aromatic heterocycles. The lowest BCUT2D eigenvalue weighted by molar-refractivity contribution is 0.0850. The molecule has 0 saturated heterocycles. The van der Waals surface area contributed by atoms with Gasteiger partial charge in [0.15, 0.2) is 0 Å². The van der Waals surface area contributed by atoms with E-state index in [4.69, 9.17) is 10.5 Å². The quantitative estimate of drug-likeness (QED) is 0.660. The van der Waals surface area contributed by atoms with Crippen molar-refractivity contribution < 1.29 is 14.9 Å². The molecule has 84 valence electrons. The largest absolute Gasteiger partial charge is 0.497 e. The summed E-state index contributed by atoms with van der Waals surface area (Å²) in [5.41, 5.74) is 5.99. The van der Waals surface area contributed by atoms with E-state index in [0.29, 0.717) is 5.75 Å². The number of hydrogen-bond acceptors (Lipinski definition) is 4. The molecule has 2 unspecified atom stereocenters. The van der Waals surface area contributed by atoms with Crippen molar-refractivity contribution in [2.75, 3.05) is 13.7 Å². The Bertz CT molecular complexity index is 304. The molecule has 1 aromatic carbocycles. The van der Waals surface area contributed by atoms with Crippen LogP contribution in [-0.2, 0) is 0 Å². The van der Waals surface area contributed by atoms with E-state index in [9.17, 15) is 10.2 Å². The van der Waals surface area contributed by atoms with E-state index in [2.05, 4.69) is 0 Å². The highest BCUT2D eigenvalue weighted by atomic mass is 16.5. The molecule has 2 atom stereocenters. The lowest BCUT2D eigenvalue weighted by Crippen LogP contribution is -2.22. The molecule has 4 N–H and O–H groups in total. The standard InChI is InChI=1S/C11H17NO3/c1-15-10-4-2-3-8(5-10)11(14)6-9(13)7-12/h2-5,9,11,13-14H,6-7,12H2,1H3. The minimum absolute atomic E-state index is 0.154. The molecule has 1 rings (SSSR count). The molecule has 4 heteroatoms. The first-order chi connectivity index (χ1) is 7.17. The van der Waals surface area contributed by atoms with Gasteiger partial charge in [0.2, 0.25) is 0 Å². The van der Waals surface area contributed by atoms with E-state index in [1.807, 2.05) is 0 Å². The maximum absolute atomic E-state index is 9.77. The van der Waals surface area contributed by atoms with Crippen LogP contribution in [0.15, 0.2) is 24.3 Å². The number of aliphatic hydroxyl groups excluding tert-OH is 2. The Morgan fingerprint density at radius 1 is 1.40 bits per heavy atom. The molecule has 1 aromatic rings.